The van der Waals surface area contributed by atoms with Crippen LogP contribution in [-0.4, -0.2) is 11.6 Å². The van der Waals surface area contributed by atoms with Crippen LogP contribution in [0.5, 0.6) is 0 Å². The number of carbonyl (C=O) groups excluding carboxylic acids is 2. The minimum absolute atomic E-state index is 0. The van der Waals surface area contributed by atoms with Gasteiger partial charge in [0.1, 0.15) is 20.1 Å². The maximum absolute atomic E-state index is 11.0. The summed E-state index contributed by atoms with van der Waals surface area (Å²) in [7, 11) is 0. The fourth-order valence-electron chi connectivity index (χ4n) is 0.591. The number of allylic oxidation sites excluding steroid dienone is 4. The Bertz CT molecular complexity index is 283. The molecule has 0 N–H and O–H groups in total. The van der Waals surface area contributed by atoms with Crippen LogP contribution in [-0.2, 0) is 26.7 Å². The number of hydrogen-bond donors (Lipinski definition) is 0. The Morgan fingerprint density at radius 2 is 0.769 bits per heavy atom. The van der Waals surface area contributed by atoms with Crippen molar-refractivity contribution in [2.75, 3.05) is 0 Å². The number of Topliss-reactive ketones (excluding diaryl/α,β-unsaturated/α-hetero) is 2. The molecule has 75 valence electrons. The molecule has 0 saturated heterocycles. The Hall–Kier alpha value is 0.499. The van der Waals surface area contributed by atoms with Crippen molar-refractivity contribution in [2.24, 2.45) is 0 Å². The number of halogens is 4. The maximum Gasteiger partial charge on any atom is 0.219 e. The first-order chi connectivity index (χ1) is 5.46. The average molecular weight is 309 g/mol. The van der Waals surface area contributed by atoms with Crippen molar-refractivity contribution in [3.05, 3.63) is 20.1 Å². The first-order valence-corrected chi connectivity index (χ1v) is 4.18. The van der Waals surface area contributed by atoms with E-state index in [0.29, 0.717) is 0 Å². The van der Waals surface area contributed by atoms with Crippen molar-refractivity contribution in [3.63, 3.8) is 0 Å². The predicted molar refractivity (Wildman–Crippen MR) is 47.5 cm³/mol. The molecule has 0 bridgehead atoms. The van der Waals surface area contributed by atoms with E-state index in [9.17, 15) is 9.59 Å². The van der Waals surface area contributed by atoms with Gasteiger partial charge in [0.05, 0.1) is 0 Å². The Morgan fingerprint density at radius 3 is 0.923 bits per heavy atom. The molecule has 0 fully saturated rings. The van der Waals surface area contributed by atoms with Gasteiger partial charge in [0, 0.05) is 17.1 Å². The molecule has 0 heterocycles. The molecular weight excluding hydrogens is 309 g/mol. The first-order valence-electron chi connectivity index (χ1n) is 2.66. The third kappa shape index (κ3) is 2.30. The van der Waals surface area contributed by atoms with E-state index >= 15 is 0 Å². The molecule has 13 heavy (non-hydrogen) atoms. The van der Waals surface area contributed by atoms with E-state index in [1.807, 2.05) is 0 Å². The SMILES string of the molecule is O=C1C(Cl)=C(Cl)C(=O)C(Cl)=C1Cl.[Cu]. The molecule has 0 aromatic rings. The second-order valence-corrected chi connectivity index (χ2v) is 3.43. The summed E-state index contributed by atoms with van der Waals surface area (Å²) >= 11 is 21.5. The Morgan fingerprint density at radius 1 is 0.615 bits per heavy atom. The number of carbonyl (C=O) groups is 2. The molecule has 0 saturated carbocycles. The van der Waals surface area contributed by atoms with E-state index in [2.05, 4.69) is 0 Å². The van der Waals surface area contributed by atoms with Gasteiger partial charge in [0.25, 0.3) is 0 Å². The zero-order chi connectivity index (χ0) is 9.46. The maximum atomic E-state index is 11.0. The fourth-order valence-corrected chi connectivity index (χ4v) is 1.41. The van der Waals surface area contributed by atoms with E-state index in [1.54, 1.807) is 0 Å². The minimum Gasteiger partial charge on any atom is -0.286 e. The van der Waals surface area contributed by atoms with Gasteiger partial charge in [-0.2, -0.15) is 0 Å². The normalized spacial score (nSPS) is 17.8. The van der Waals surface area contributed by atoms with Crippen LogP contribution in [0.3, 0.4) is 0 Å². The molecular formula is C6Cl4CuO2. The summed E-state index contributed by atoms with van der Waals surface area (Å²) in [5.41, 5.74) is 0. The van der Waals surface area contributed by atoms with E-state index in [4.69, 9.17) is 46.4 Å². The predicted octanol–water partition coefficient (Wildman–Crippen LogP) is 2.51. The topological polar surface area (TPSA) is 34.1 Å². The van der Waals surface area contributed by atoms with Gasteiger partial charge in [-0.1, -0.05) is 46.4 Å². The molecule has 1 radical (unpaired) electrons. The van der Waals surface area contributed by atoms with Gasteiger partial charge in [-0.25, -0.2) is 0 Å². The summed E-state index contributed by atoms with van der Waals surface area (Å²) in [6, 6.07) is 0. The third-order valence-electron chi connectivity index (χ3n) is 1.18. The quantitative estimate of drug-likeness (QED) is 0.509. The van der Waals surface area contributed by atoms with E-state index in [-0.39, 0.29) is 17.1 Å². The van der Waals surface area contributed by atoms with Crippen molar-refractivity contribution in [3.8, 4) is 0 Å². The van der Waals surface area contributed by atoms with Crippen LogP contribution >= 0.6 is 46.4 Å². The molecule has 1 aliphatic rings. The number of rotatable bonds is 0. The molecule has 0 spiro atoms. The molecule has 0 aliphatic heterocycles. The van der Waals surface area contributed by atoms with Crippen molar-refractivity contribution in [2.45, 2.75) is 0 Å². The fraction of sp³-hybridized carbons (Fsp3) is 0. The van der Waals surface area contributed by atoms with Crippen LogP contribution in [0.15, 0.2) is 20.1 Å². The molecule has 2 nitrogen and oxygen atoms in total. The zero-order valence-corrected chi connectivity index (χ0v) is 9.60. The average Bonchev–Trinajstić information content (AvgIpc) is 2.08. The molecule has 7 heteroatoms. The van der Waals surface area contributed by atoms with E-state index in [0.717, 1.165) is 0 Å². The van der Waals surface area contributed by atoms with Crippen LogP contribution in [0.25, 0.3) is 0 Å². The van der Waals surface area contributed by atoms with Gasteiger partial charge in [-0.05, 0) is 0 Å². The molecule has 0 unspecified atom stereocenters. The molecule has 0 amide bonds. The Labute approximate surface area is 104 Å². The van der Waals surface area contributed by atoms with Gasteiger partial charge in [0.2, 0.25) is 11.6 Å². The second kappa shape index (κ2) is 4.83. The second-order valence-electron chi connectivity index (χ2n) is 1.91. The largest absolute Gasteiger partial charge is 0.286 e. The smallest absolute Gasteiger partial charge is 0.219 e. The molecule has 0 aromatic heterocycles. The van der Waals surface area contributed by atoms with Crippen LogP contribution in [0.4, 0.5) is 0 Å². The number of hydrogen-bond acceptors (Lipinski definition) is 2. The van der Waals surface area contributed by atoms with E-state index in [1.165, 1.54) is 0 Å². The number of ketones is 2. The standard InChI is InChI=1S/C6Cl4O2.Cu/c7-1-2(8)6(12)4(10)3(9)5(1)11;. The van der Waals surface area contributed by atoms with Crippen LogP contribution in [0.2, 0.25) is 0 Å². The zero-order valence-electron chi connectivity index (χ0n) is 5.63. The van der Waals surface area contributed by atoms with Crippen molar-refractivity contribution in [1.82, 2.24) is 0 Å². The minimum atomic E-state index is -0.729. The monoisotopic (exact) mass is 307 g/mol. The van der Waals surface area contributed by atoms with Crippen molar-refractivity contribution in [1.29, 1.82) is 0 Å². The summed E-state index contributed by atoms with van der Waals surface area (Å²) in [6.07, 6.45) is 0. The van der Waals surface area contributed by atoms with Crippen LogP contribution in [0, 0.1) is 0 Å². The van der Waals surface area contributed by atoms with Crippen molar-refractivity contribution >= 4 is 58.0 Å². The van der Waals surface area contributed by atoms with Gasteiger partial charge < -0.3 is 0 Å². The van der Waals surface area contributed by atoms with Gasteiger partial charge in [-0.3, -0.25) is 9.59 Å². The van der Waals surface area contributed by atoms with Crippen LogP contribution in [0.1, 0.15) is 0 Å². The van der Waals surface area contributed by atoms with Gasteiger partial charge in [-0.15, -0.1) is 0 Å². The summed E-state index contributed by atoms with van der Waals surface area (Å²) in [4.78, 5) is 22.0. The van der Waals surface area contributed by atoms with Crippen LogP contribution < -0.4 is 0 Å². The van der Waals surface area contributed by atoms with Gasteiger partial charge in [0.15, 0.2) is 0 Å². The first kappa shape index (κ1) is 13.5. The summed E-state index contributed by atoms with van der Waals surface area (Å²) in [5.74, 6) is -1.46. The molecule has 0 aromatic carbocycles. The summed E-state index contributed by atoms with van der Waals surface area (Å²) in [5, 5.41) is -1.57. The molecule has 1 aliphatic carbocycles. The summed E-state index contributed by atoms with van der Waals surface area (Å²) in [6.45, 7) is 0. The Kier molecular flexibility index (Phi) is 5.02. The third-order valence-corrected chi connectivity index (χ3v) is 2.82. The van der Waals surface area contributed by atoms with Crippen molar-refractivity contribution < 1.29 is 26.7 Å². The molecule has 0 atom stereocenters. The Balaban J connectivity index is 0.00000144. The summed E-state index contributed by atoms with van der Waals surface area (Å²) < 4.78 is 0. The van der Waals surface area contributed by atoms with E-state index < -0.39 is 31.7 Å². The molecule has 1 rings (SSSR count). The van der Waals surface area contributed by atoms with Gasteiger partial charge >= 0.3 is 0 Å².